The highest BCUT2D eigenvalue weighted by Gasteiger charge is 2.23. The molecule has 0 radical (unpaired) electrons. The summed E-state index contributed by atoms with van der Waals surface area (Å²) in [5, 5.41) is 16.2. The van der Waals surface area contributed by atoms with Gasteiger partial charge in [0.05, 0.1) is 23.4 Å². The van der Waals surface area contributed by atoms with Crippen LogP contribution in [0.4, 0.5) is 23.0 Å². The third-order valence-corrected chi connectivity index (χ3v) is 6.16. The summed E-state index contributed by atoms with van der Waals surface area (Å²) in [6, 6.07) is 11.3. The third-order valence-electron chi connectivity index (χ3n) is 6.16. The van der Waals surface area contributed by atoms with E-state index in [2.05, 4.69) is 27.0 Å². The van der Waals surface area contributed by atoms with E-state index in [4.69, 9.17) is 9.72 Å². The van der Waals surface area contributed by atoms with Crippen molar-refractivity contribution in [3.63, 3.8) is 0 Å². The lowest BCUT2D eigenvalue weighted by Gasteiger charge is -2.22. The van der Waals surface area contributed by atoms with E-state index < -0.39 is 0 Å². The Morgan fingerprint density at radius 3 is 2.61 bits per heavy atom. The van der Waals surface area contributed by atoms with Gasteiger partial charge in [0, 0.05) is 68.2 Å². The van der Waals surface area contributed by atoms with Crippen molar-refractivity contribution in [3.8, 4) is 17.0 Å². The summed E-state index contributed by atoms with van der Waals surface area (Å²) in [4.78, 5) is 24.7. The fourth-order valence-electron chi connectivity index (χ4n) is 4.17. The number of anilines is 3. The Kier molecular flexibility index (Phi) is 7.07. The van der Waals surface area contributed by atoms with Gasteiger partial charge < -0.3 is 24.4 Å². The van der Waals surface area contributed by atoms with Crippen molar-refractivity contribution in [2.45, 2.75) is 6.92 Å². The molecule has 4 rings (SSSR count). The van der Waals surface area contributed by atoms with Crippen molar-refractivity contribution < 1.29 is 9.66 Å². The van der Waals surface area contributed by atoms with Gasteiger partial charge in [0.15, 0.2) is 0 Å². The Hall–Kier alpha value is -4.18. The number of hydrogen-bond donors (Lipinski definition) is 1. The number of nitrogens with one attached hydrogen (secondary N) is 1. The van der Waals surface area contributed by atoms with Gasteiger partial charge in [-0.05, 0) is 32.6 Å². The van der Waals surface area contributed by atoms with Crippen molar-refractivity contribution >= 4 is 33.9 Å². The van der Waals surface area contributed by atoms with E-state index in [9.17, 15) is 10.1 Å². The molecule has 0 amide bonds. The lowest BCUT2D eigenvalue weighted by molar-refractivity contribution is -0.384. The fraction of sp³-hybridized carbons (Fsp3) is 0.308. The zero-order valence-electron chi connectivity index (χ0n) is 21.4. The van der Waals surface area contributed by atoms with Crippen LogP contribution in [-0.2, 0) is 7.05 Å². The largest absolute Gasteiger partial charge is 0.494 e. The van der Waals surface area contributed by atoms with Crippen molar-refractivity contribution in [3.05, 3.63) is 64.5 Å². The van der Waals surface area contributed by atoms with E-state index >= 15 is 0 Å². The van der Waals surface area contributed by atoms with Crippen LogP contribution in [0.2, 0.25) is 0 Å². The molecule has 0 aliphatic rings. The molecule has 0 aliphatic carbocycles. The molecule has 0 unspecified atom stereocenters. The van der Waals surface area contributed by atoms with Gasteiger partial charge in [-0.2, -0.15) is 0 Å². The first-order valence-corrected chi connectivity index (χ1v) is 11.6. The maximum Gasteiger partial charge on any atom is 0.294 e. The molecule has 36 heavy (non-hydrogen) atoms. The van der Waals surface area contributed by atoms with Gasteiger partial charge in [-0.3, -0.25) is 10.1 Å². The Morgan fingerprint density at radius 1 is 1.17 bits per heavy atom. The van der Waals surface area contributed by atoms with Crippen molar-refractivity contribution in [1.82, 2.24) is 19.4 Å². The molecule has 10 nitrogen and oxygen atoms in total. The number of nitro benzene ring substituents is 1. The van der Waals surface area contributed by atoms with Gasteiger partial charge in [-0.15, -0.1) is 0 Å². The van der Waals surface area contributed by atoms with Crippen molar-refractivity contribution in [1.29, 1.82) is 0 Å². The van der Waals surface area contributed by atoms with Crippen LogP contribution in [0.5, 0.6) is 5.75 Å². The topological polar surface area (TPSA) is 102 Å². The number of ether oxygens (including phenoxy) is 1. The van der Waals surface area contributed by atoms with Gasteiger partial charge in [0.2, 0.25) is 5.95 Å². The van der Waals surface area contributed by atoms with E-state index in [0.717, 1.165) is 34.3 Å². The lowest BCUT2D eigenvalue weighted by atomic mass is 10.1. The number of para-hydroxylation sites is 1. The normalized spacial score (nSPS) is 11.2. The zero-order valence-corrected chi connectivity index (χ0v) is 21.4. The van der Waals surface area contributed by atoms with Crippen LogP contribution < -0.4 is 15.0 Å². The minimum Gasteiger partial charge on any atom is -0.494 e. The molecular weight excluding hydrogens is 458 g/mol. The Labute approximate surface area is 210 Å². The maximum absolute atomic E-state index is 11.9. The Balaban J connectivity index is 1.73. The third kappa shape index (κ3) is 4.94. The van der Waals surface area contributed by atoms with Gasteiger partial charge in [-0.25, -0.2) is 9.97 Å². The summed E-state index contributed by atoms with van der Waals surface area (Å²) in [5.74, 6) is 0.785. The average molecular weight is 490 g/mol. The summed E-state index contributed by atoms with van der Waals surface area (Å²) in [5.41, 5.74) is 4.68. The monoisotopic (exact) mass is 489 g/mol. The van der Waals surface area contributed by atoms with E-state index in [-0.39, 0.29) is 10.6 Å². The number of hydrogen-bond acceptors (Lipinski definition) is 8. The van der Waals surface area contributed by atoms with Crippen LogP contribution in [0.25, 0.3) is 22.2 Å². The Morgan fingerprint density at radius 2 is 1.92 bits per heavy atom. The second kappa shape index (κ2) is 10.2. The number of aromatic nitrogens is 3. The number of rotatable bonds is 9. The lowest BCUT2D eigenvalue weighted by Crippen LogP contribution is -2.28. The average Bonchev–Trinajstić information content (AvgIpc) is 3.19. The van der Waals surface area contributed by atoms with E-state index in [0.29, 0.717) is 29.6 Å². The SMILES string of the molecule is COc1cc(N(C)CCN(C)C)c([N+](=O)[O-])cc1Nc1ncc(C)c(-c2cn(C)c3ccccc23)n1. The first-order chi connectivity index (χ1) is 17.2. The molecule has 0 fully saturated rings. The predicted molar refractivity (Wildman–Crippen MR) is 143 cm³/mol. The number of nitro groups is 1. The molecule has 188 valence electrons. The van der Waals surface area contributed by atoms with Crippen LogP contribution in [0.3, 0.4) is 0 Å². The van der Waals surface area contributed by atoms with Gasteiger partial charge in [-0.1, -0.05) is 18.2 Å². The molecule has 0 atom stereocenters. The van der Waals surface area contributed by atoms with Crippen LogP contribution in [-0.4, -0.2) is 65.7 Å². The second-order valence-corrected chi connectivity index (χ2v) is 9.04. The fourth-order valence-corrected chi connectivity index (χ4v) is 4.17. The second-order valence-electron chi connectivity index (χ2n) is 9.04. The summed E-state index contributed by atoms with van der Waals surface area (Å²) in [6.45, 7) is 3.34. The van der Waals surface area contributed by atoms with Gasteiger partial charge in [0.25, 0.3) is 5.69 Å². The molecule has 2 aromatic heterocycles. The smallest absolute Gasteiger partial charge is 0.294 e. The minimum absolute atomic E-state index is 0.0269. The molecule has 0 saturated heterocycles. The molecule has 2 heterocycles. The standard InChI is InChI=1S/C26H31N7O3/c1-17-15-27-26(29-25(17)19-16-32(5)21-10-8-7-9-18(19)21)28-20-13-23(33(34)35)22(14-24(20)36-6)31(4)12-11-30(2)3/h7-10,13-16H,11-12H2,1-6H3,(H,27,28,29). The number of nitrogens with zero attached hydrogens (tertiary/aromatic N) is 6. The van der Waals surface area contributed by atoms with E-state index in [1.54, 1.807) is 12.3 Å². The van der Waals surface area contributed by atoms with Gasteiger partial charge >= 0.3 is 0 Å². The number of fused-ring (bicyclic) bond motifs is 1. The van der Waals surface area contributed by atoms with E-state index in [1.165, 1.54) is 13.2 Å². The van der Waals surface area contributed by atoms with E-state index in [1.807, 2.05) is 63.2 Å². The number of aryl methyl sites for hydroxylation is 2. The summed E-state index contributed by atoms with van der Waals surface area (Å²) in [7, 11) is 9.29. The predicted octanol–water partition coefficient (Wildman–Crippen LogP) is 4.60. The van der Waals surface area contributed by atoms with Gasteiger partial charge in [0.1, 0.15) is 11.4 Å². The minimum atomic E-state index is -0.385. The highest BCUT2D eigenvalue weighted by molar-refractivity contribution is 5.96. The molecule has 0 saturated carbocycles. The molecule has 0 aliphatic heterocycles. The molecule has 2 aromatic carbocycles. The summed E-state index contributed by atoms with van der Waals surface area (Å²) >= 11 is 0. The molecule has 10 heteroatoms. The molecule has 0 bridgehead atoms. The first kappa shape index (κ1) is 24.9. The quantitative estimate of drug-likeness (QED) is 0.269. The highest BCUT2D eigenvalue weighted by atomic mass is 16.6. The first-order valence-electron chi connectivity index (χ1n) is 11.6. The molecule has 1 N–H and O–H groups in total. The molecule has 0 spiro atoms. The molecule has 4 aromatic rings. The summed E-state index contributed by atoms with van der Waals surface area (Å²) in [6.07, 6.45) is 3.80. The number of methoxy groups -OCH3 is 1. The Bertz CT molecular complexity index is 1410. The van der Waals surface area contributed by atoms with Crippen LogP contribution >= 0.6 is 0 Å². The van der Waals surface area contributed by atoms with Crippen molar-refractivity contribution in [2.75, 3.05) is 51.6 Å². The molecular formula is C26H31N7O3. The van der Waals surface area contributed by atoms with Crippen molar-refractivity contribution in [2.24, 2.45) is 7.05 Å². The number of likely N-dealkylation sites (N-methyl/N-ethyl adjacent to an activating group) is 2. The number of benzene rings is 2. The maximum atomic E-state index is 11.9. The summed E-state index contributed by atoms with van der Waals surface area (Å²) < 4.78 is 7.65. The van der Waals surface area contributed by atoms with Crippen LogP contribution in [0, 0.1) is 17.0 Å². The highest BCUT2D eigenvalue weighted by Crippen LogP contribution is 2.39. The zero-order chi connectivity index (χ0) is 26.0. The van der Waals surface area contributed by atoms with Crippen LogP contribution in [0.1, 0.15) is 5.56 Å². The van der Waals surface area contributed by atoms with Crippen LogP contribution in [0.15, 0.2) is 48.8 Å².